The molecule has 0 atom stereocenters. The third kappa shape index (κ3) is 3.76. The average Bonchev–Trinajstić information content (AvgIpc) is 2.77. The Balaban J connectivity index is 1.25. The Morgan fingerprint density at radius 3 is 2.39 bits per heavy atom. The number of hydrogen-bond acceptors (Lipinski definition) is 2. The average molecular weight is 412 g/mol. The number of aryl methyl sites for hydroxylation is 1. The van der Waals surface area contributed by atoms with Gasteiger partial charge in [0.15, 0.2) is 0 Å². The minimum absolute atomic E-state index is 0.616. The summed E-state index contributed by atoms with van der Waals surface area (Å²) in [5, 5.41) is 6.66. The lowest BCUT2D eigenvalue weighted by Crippen LogP contribution is -2.54. The Labute approximate surface area is 186 Å². The molecule has 4 aliphatic rings. The molecule has 0 aromatic heterocycles. The fourth-order valence-electron chi connectivity index (χ4n) is 7.07. The molecule has 0 heterocycles. The second-order valence-corrected chi connectivity index (χ2v) is 10.4. The highest BCUT2D eigenvalue weighted by Crippen LogP contribution is 2.53. The summed E-state index contributed by atoms with van der Waals surface area (Å²) in [6.45, 7) is 3.66. The van der Waals surface area contributed by atoms with Crippen LogP contribution in [-0.4, -0.2) is 6.04 Å². The van der Waals surface area contributed by atoms with Gasteiger partial charge < -0.3 is 10.1 Å². The van der Waals surface area contributed by atoms with E-state index in [1.807, 2.05) is 0 Å². The zero-order valence-electron chi connectivity index (χ0n) is 18.5. The van der Waals surface area contributed by atoms with Crippen molar-refractivity contribution in [2.45, 2.75) is 58.2 Å². The quantitative estimate of drug-likeness (QED) is 0.491. The zero-order valence-corrected chi connectivity index (χ0v) is 18.5. The van der Waals surface area contributed by atoms with Crippen LogP contribution in [0.3, 0.4) is 0 Å². The molecule has 0 unspecified atom stereocenters. The van der Waals surface area contributed by atoms with Crippen LogP contribution in [0.15, 0.2) is 60.7 Å². The molecule has 0 aliphatic heterocycles. The molecule has 0 amide bonds. The largest absolute Gasteiger partial charge is 0.489 e. The van der Waals surface area contributed by atoms with E-state index in [9.17, 15) is 0 Å². The van der Waals surface area contributed by atoms with Crippen LogP contribution in [0.1, 0.15) is 48.8 Å². The Morgan fingerprint density at radius 2 is 1.61 bits per heavy atom. The second kappa shape index (κ2) is 7.98. The molecule has 0 radical (unpaired) electrons. The molecular weight excluding hydrogens is 378 g/mol. The zero-order chi connectivity index (χ0) is 20.8. The van der Waals surface area contributed by atoms with Crippen LogP contribution in [0.2, 0.25) is 0 Å². The molecule has 4 saturated carbocycles. The van der Waals surface area contributed by atoms with E-state index in [2.05, 4.69) is 72.9 Å². The lowest BCUT2D eigenvalue weighted by Gasteiger charge is -2.54. The van der Waals surface area contributed by atoms with Gasteiger partial charge in [-0.3, -0.25) is 0 Å². The summed E-state index contributed by atoms with van der Waals surface area (Å²) < 4.78 is 6.40. The Hall–Kier alpha value is -2.32. The lowest BCUT2D eigenvalue weighted by atomic mass is 9.54. The summed E-state index contributed by atoms with van der Waals surface area (Å²) in [5.41, 5.74) is 3.83. The minimum Gasteiger partial charge on any atom is -0.489 e. The van der Waals surface area contributed by atoms with Crippen molar-refractivity contribution >= 4 is 10.8 Å². The third-order valence-electron chi connectivity index (χ3n) is 8.22. The summed E-state index contributed by atoms with van der Waals surface area (Å²) in [4.78, 5) is 0. The van der Waals surface area contributed by atoms with Crippen LogP contribution in [0.25, 0.3) is 10.8 Å². The topological polar surface area (TPSA) is 21.3 Å². The highest BCUT2D eigenvalue weighted by atomic mass is 16.5. The van der Waals surface area contributed by atoms with E-state index in [0.29, 0.717) is 12.6 Å². The predicted molar refractivity (Wildman–Crippen MR) is 127 cm³/mol. The van der Waals surface area contributed by atoms with Crippen molar-refractivity contribution in [3.63, 3.8) is 0 Å². The van der Waals surface area contributed by atoms with Crippen LogP contribution in [0.4, 0.5) is 0 Å². The van der Waals surface area contributed by atoms with Gasteiger partial charge >= 0.3 is 0 Å². The number of rotatable bonds is 6. The summed E-state index contributed by atoms with van der Waals surface area (Å²) in [6, 6.07) is 22.4. The minimum atomic E-state index is 0.616. The summed E-state index contributed by atoms with van der Waals surface area (Å²) in [5.74, 6) is 4.85. The van der Waals surface area contributed by atoms with E-state index in [-0.39, 0.29) is 0 Å². The van der Waals surface area contributed by atoms with E-state index >= 15 is 0 Å². The van der Waals surface area contributed by atoms with Crippen molar-refractivity contribution in [3.8, 4) is 5.75 Å². The van der Waals surface area contributed by atoms with Gasteiger partial charge in [-0.25, -0.2) is 0 Å². The molecule has 4 aliphatic carbocycles. The first kappa shape index (κ1) is 19.4. The van der Waals surface area contributed by atoms with Crippen molar-refractivity contribution in [1.82, 2.24) is 5.32 Å². The van der Waals surface area contributed by atoms with Gasteiger partial charge in [-0.1, -0.05) is 60.2 Å². The molecule has 0 spiro atoms. The highest BCUT2D eigenvalue weighted by molar-refractivity contribution is 5.87. The number of fused-ring (bicyclic) bond motifs is 1. The molecular formula is C29H33NO. The molecule has 3 aromatic rings. The monoisotopic (exact) mass is 411 g/mol. The molecule has 160 valence electrons. The number of nitrogens with one attached hydrogen (secondary N) is 1. The van der Waals surface area contributed by atoms with Crippen LogP contribution in [0.5, 0.6) is 5.75 Å². The Bertz CT molecular complexity index is 1060. The maximum atomic E-state index is 6.40. The fraction of sp³-hybridized carbons (Fsp3) is 0.448. The van der Waals surface area contributed by atoms with Crippen LogP contribution in [0, 0.1) is 30.6 Å². The molecule has 1 N–H and O–H groups in total. The molecule has 31 heavy (non-hydrogen) atoms. The summed E-state index contributed by atoms with van der Waals surface area (Å²) in [7, 11) is 0. The molecule has 2 heteroatoms. The second-order valence-electron chi connectivity index (χ2n) is 10.4. The molecule has 0 saturated heterocycles. The summed E-state index contributed by atoms with van der Waals surface area (Å²) >= 11 is 0. The SMILES string of the molecule is Cc1cccc(COc2ccc3ccccc3c2CNC2C3CC4CC(C3)CC2C4)c1. The highest BCUT2D eigenvalue weighted by Gasteiger charge is 2.47. The van der Waals surface area contributed by atoms with E-state index in [0.717, 1.165) is 36.0 Å². The first-order chi connectivity index (χ1) is 15.2. The summed E-state index contributed by atoms with van der Waals surface area (Å²) in [6.07, 6.45) is 7.33. The van der Waals surface area contributed by atoms with Gasteiger partial charge in [-0.05, 0) is 85.1 Å². The smallest absolute Gasteiger partial charge is 0.124 e. The van der Waals surface area contributed by atoms with Crippen molar-refractivity contribution in [2.75, 3.05) is 0 Å². The van der Waals surface area contributed by atoms with Gasteiger partial charge in [0.1, 0.15) is 12.4 Å². The number of benzene rings is 3. The molecule has 7 rings (SSSR count). The van der Waals surface area contributed by atoms with Crippen molar-refractivity contribution in [1.29, 1.82) is 0 Å². The van der Waals surface area contributed by atoms with Crippen molar-refractivity contribution in [2.24, 2.45) is 23.7 Å². The van der Waals surface area contributed by atoms with Crippen molar-refractivity contribution in [3.05, 3.63) is 77.4 Å². The van der Waals surface area contributed by atoms with Crippen molar-refractivity contribution < 1.29 is 4.74 Å². The number of hydrogen-bond donors (Lipinski definition) is 1. The van der Waals surface area contributed by atoms with Crippen LogP contribution in [-0.2, 0) is 13.2 Å². The van der Waals surface area contributed by atoms with Crippen LogP contribution >= 0.6 is 0 Å². The van der Waals surface area contributed by atoms with Gasteiger partial charge in [-0.15, -0.1) is 0 Å². The van der Waals surface area contributed by atoms with Crippen LogP contribution < -0.4 is 10.1 Å². The molecule has 4 bridgehead atoms. The Kier molecular flexibility index (Phi) is 4.99. The van der Waals surface area contributed by atoms with Gasteiger partial charge in [0.25, 0.3) is 0 Å². The maximum Gasteiger partial charge on any atom is 0.124 e. The van der Waals surface area contributed by atoms with E-state index in [4.69, 9.17) is 4.74 Å². The fourth-order valence-corrected chi connectivity index (χ4v) is 7.07. The van der Waals surface area contributed by atoms with Gasteiger partial charge in [0.05, 0.1) is 0 Å². The molecule has 2 nitrogen and oxygen atoms in total. The first-order valence-electron chi connectivity index (χ1n) is 12.2. The third-order valence-corrected chi connectivity index (χ3v) is 8.22. The standard InChI is InChI=1S/C29H33NO/c1-19-5-4-6-20(11-19)18-31-28-10-9-23-7-2-3-8-26(23)27(28)17-30-29-24-13-21-12-22(15-24)16-25(29)14-21/h2-11,21-22,24-25,29-30H,12-18H2,1H3. The predicted octanol–water partition coefficient (Wildman–Crippen LogP) is 6.64. The van der Waals surface area contributed by atoms with E-state index < -0.39 is 0 Å². The normalized spacial score (nSPS) is 28.9. The van der Waals surface area contributed by atoms with Gasteiger partial charge in [0.2, 0.25) is 0 Å². The lowest BCUT2D eigenvalue weighted by molar-refractivity contribution is -0.0143. The molecule has 4 fully saturated rings. The molecule has 3 aromatic carbocycles. The van der Waals surface area contributed by atoms with Gasteiger partial charge in [0, 0.05) is 18.2 Å². The van der Waals surface area contributed by atoms with E-state index in [1.165, 1.54) is 59.6 Å². The van der Waals surface area contributed by atoms with Gasteiger partial charge in [-0.2, -0.15) is 0 Å². The first-order valence-corrected chi connectivity index (χ1v) is 12.2. The number of ether oxygens (including phenoxy) is 1. The maximum absolute atomic E-state index is 6.40. The van der Waals surface area contributed by atoms with E-state index in [1.54, 1.807) is 0 Å². The Morgan fingerprint density at radius 1 is 0.839 bits per heavy atom.